The van der Waals surface area contributed by atoms with E-state index in [1.165, 1.54) is 7.11 Å². The van der Waals surface area contributed by atoms with Crippen molar-refractivity contribution in [3.63, 3.8) is 0 Å². The number of imidazole rings is 2. The van der Waals surface area contributed by atoms with Crippen LogP contribution in [-0.4, -0.2) is 91.1 Å². The molecule has 2 fully saturated rings. The zero-order valence-electron chi connectivity index (χ0n) is 31.6. The molecule has 2 aliphatic heterocycles. The van der Waals surface area contributed by atoms with E-state index in [1.54, 1.807) is 22.2 Å². The second-order valence-electron chi connectivity index (χ2n) is 14.7. The molecule has 0 bridgehead atoms. The van der Waals surface area contributed by atoms with Crippen LogP contribution >= 0.6 is 0 Å². The summed E-state index contributed by atoms with van der Waals surface area (Å²) in [7, 11) is 1.27. The highest BCUT2D eigenvalue weighted by Gasteiger charge is 2.39. The summed E-state index contributed by atoms with van der Waals surface area (Å²) in [6.45, 7) is 8.45. The highest BCUT2D eigenvalue weighted by atomic mass is 16.5. The molecule has 5 N–H and O–H groups in total. The van der Waals surface area contributed by atoms with Crippen LogP contribution in [0.1, 0.15) is 82.7 Å². The Balaban J connectivity index is 1.16. The number of aromatic nitrogens is 4. The van der Waals surface area contributed by atoms with Gasteiger partial charge in [0.1, 0.15) is 23.7 Å². The number of H-pyrrole nitrogens is 2. The number of nitrogens with zero attached hydrogens (tertiary/aromatic N) is 5. The highest BCUT2D eigenvalue weighted by molar-refractivity contribution is 5.87. The lowest BCUT2D eigenvalue weighted by molar-refractivity contribution is -0.136. The molecular formula is C40H47N9O6. The van der Waals surface area contributed by atoms with Crippen molar-refractivity contribution in [3.8, 4) is 39.7 Å². The largest absolute Gasteiger partial charge is 0.465 e. The van der Waals surface area contributed by atoms with Gasteiger partial charge < -0.3 is 40.2 Å². The van der Waals surface area contributed by atoms with E-state index in [0.717, 1.165) is 59.3 Å². The first-order chi connectivity index (χ1) is 26.4. The topological polar surface area (TPSA) is 209 Å². The molecule has 288 valence electrons. The van der Waals surface area contributed by atoms with Gasteiger partial charge in [0.05, 0.1) is 54.6 Å². The Bertz CT molecular complexity index is 2080. The summed E-state index contributed by atoms with van der Waals surface area (Å²) in [5.41, 5.74) is 5.26. The molecule has 4 unspecified atom stereocenters. The van der Waals surface area contributed by atoms with E-state index in [-0.39, 0.29) is 35.7 Å². The van der Waals surface area contributed by atoms with E-state index in [0.29, 0.717) is 30.3 Å². The summed E-state index contributed by atoms with van der Waals surface area (Å²) in [6.07, 6.45) is 4.60. The number of carbonyl (C=O) groups excluding carboxylic acids is 3. The van der Waals surface area contributed by atoms with Crippen molar-refractivity contribution >= 4 is 24.0 Å². The summed E-state index contributed by atoms with van der Waals surface area (Å²) in [4.78, 5) is 69.7. The Hall–Kier alpha value is -6.17. The fourth-order valence-electron chi connectivity index (χ4n) is 7.52. The second-order valence-corrected chi connectivity index (χ2v) is 14.7. The van der Waals surface area contributed by atoms with Crippen LogP contribution in [0, 0.1) is 23.2 Å². The maximum absolute atomic E-state index is 13.6. The van der Waals surface area contributed by atoms with Gasteiger partial charge in [-0.1, -0.05) is 64.1 Å². The van der Waals surface area contributed by atoms with Crippen molar-refractivity contribution in [2.45, 2.75) is 77.5 Å². The van der Waals surface area contributed by atoms with Gasteiger partial charge in [-0.05, 0) is 60.3 Å². The first kappa shape index (κ1) is 38.6. The number of likely N-dealkylation sites (tertiary alicyclic amines) is 2. The van der Waals surface area contributed by atoms with Crippen LogP contribution in [0.5, 0.6) is 0 Å². The van der Waals surface area contributed by atoms with Crippen molar-refractivity contribution in [2.75, 3.05) is 20.2 Å². The van der Waals surface area contributed by atoms with E-state index in [1.807, 2.05) is 70.2 Å². The smallest absolute Gasteiger partial charge is 0.407 e. The molecule has 0 saturated carbocycles. The van der Waals surface area contributed by atoms with E-state index < -0.39 is 24.3 Å². The molecule has 4 atom stereocenters. The number of carbonyl (C=O) groups is 4. The van der Waals surface area contributed by atoms with Crippen LogP contribution in [0.25, 0.3) is 33.6 Å². The summed E-state index contributed by atoms with van der Waals surface area (Å²) in [5.74, 6) is 0.502. The molecule has 0 aliphatic carbocycles. The van der Waals surface area contributed by atoms with Gasteiger partial charge in [0.15, 0.2) is 0 Å². The molecule has 4 amide bonds. The van der Waals surface area contributed by atoms with Crippen molar-refractivity contribution in [1.82, 2.24) is 40.4 Å². The Morgan fingerprint density at radius 2 is 1.29 bits per heavy atom. The van der Waals surface area contributed by atoms with Crippen LogP contribution in [0.4, 0.5) is 9.59 Å². The van der Waals surface area contributed by atoms with Gasteiger partial charge >= 0.3 is 12.2 Å². The van der Waals surface area contributed by atoms with Crippen LogP contribution in [-0.2, 0) is 14.3 Å². The molecule has 4 heterocycles. The number of rotatable bonds is 11. The first-order valence-corrected chi connectivity index (χ1v) is 18.6. The zero-order valence-corrected chi connectivity index (χ0v) is 31.6. The normalized spacial score (nSPS) is 17.9. The SMILES string of the molecule is COC(=O)NC(C(=O)N1CCCC1c1ncc(-c2ccc(-c3ccc(-c4cnc(C5CCCN5C(=O)C(NC(=O)O)C(C)C)[nH]4)cc3)c(C#N)c2)[nH]1)C(C)C. The van der Waals surface area contributed by atoms with Gasteiger partial charge in [-0.2, -0.15) is 5.26 Å². The number of nitriles is 1. The number of benzene rings is 2. The van der Waals surface area contributed by atoms with Crippen LogP contribution in [0.15, 0.2) is 54.9 Å². The lowest BCUT2D eigenvalue weighted by atomic mass is 9.96. The van der Waals surface area contributed by atoms with Gasteiger partial charge in [0, 0.05) is 18.7 Å². The Morgan fingerprint density at radius 1 is 0.800 bits per heavy atom. The number of methoxy groups -OCH3 is 1. The summed E-state index contributed by atoms with van der Waals surface area (Å²) in [6, 6.07) is 13.6. The minimum Gasteiger partial charge on any atom is -0.465 e. The zero-order chi connectivity index (χ0) is 39.4. The number of amides is 4. The molecule has 55 heavy (non-hydrogen) atoms. The lowest BCUT2D eigenvalue weighted by Crippen LogP contribution is -2.51. The summed E-state index contributed by atoms with van der Waals surface area (Å²) >= 11 is 0. The number of aromatic amines is 2. The van der Waals surface area contributed by atoms with Gasteiger partial charge in [-0.3, -0.25) is 9.59 Å². The maximum Gasteiger partial charge on any atom is 0.407 e. The molecule has 6 rings (SSSR count). The van der Waals surface area contributed by atoms with E-state index in [9.17, 15) is 29.5 Å². The number of carboxylic acid groups (broad SMARTS) is 1. The van der Waals surface area contributed by atoms with Crippen LogP contribution in [0.3, 0.4) is 0 Å². The van der Waals surface area contributed by atoms with Gasteiger partial charge in [-0.15, -0.1) is 0 Å². The van der Waals surface area contributed by atoms with Gasteiger partial charge in [0.25, 0.3) is 0 Å². The predicted octanol–water partition coefficient (Wildman–Crippen LogP) is 6.01. The Kier molecular flexibility index (Phi) is 11.5. The third-order valence-electron chi connectivity index (χ3n) is 10.5. The molecule has 15 heteroatoms. The predicted molar refractivity (Wildman–Crippen MR) is 203 cm³/mol. The standard InChI is InChI=1S/C40H47N9O6/c1-22(2)33(46-39(52)53)37(50)48-16-6-8-31(48)35-42-20-29(44-35)25-12-10-24(11-13-25)28-15-14-26(18-27(28)19-41)30-21-43-36(45-30)32-9-7-17-49(32)38(51)34(23(3)4)47-40(54)55-5/h10-15,18,20-23,31-34,46H,6-9,16-17H2,1-5H3,(H,42,44)(H,43,45)(H,47,54)(H,52,53). The minimum atomic E-state index is -1.23. The second kappa shape index (κ2) is 16.5. The molecule has 0 spiro atoms. The van der Waals surface area contributed by atoms with Crippen LogP contribution < -0.4 is 10.6 Å². The highest BCUT2D eigenvalue weighted by Crippen LogP contribution is 2.36. The molecule has 15 nitrogen and oxygen atoms in total. The molecule has 4 aromatic rings. The van der Waals surface area contributed by atoms with Crippen LogP contribution in [0.2, 0.25) is 0 Å². The molecule has 2 aromatic heterocycles. The molecule has 2 aliphatic rings. The first-order valence-electron chi connectivity index (χ1n) is 18.6. The average molecular weight is 750 g/mol. The van der Waals surface area contributed by atoms with E-state index in [2.05, 4.69) is 36.6 Å². The number of nitrogens with one attached hydrogen (secondary N) is 4. The van der Waals surface area contributed by atoms with Crippen molar-refractivity contribution in [1.29, 1.82) is 5.26 Å². The van der Waals surface area contributed by atoms with Gasteiger partial charge in [-0.25, -0.2) is 19.6 Å². The lowest BCUT2D eigenvalue weighted by Gasteiger charge is -2.30. The number of alkyl carbamates (subject to hydrolysis) is 1. The third-order valence-corrected chi connectivity index (χ3v) is 10.5. The maximum atomic E-state index is 13.6. The number of hydrogen-bond donors (Lipinski definition) is 5. The number of ether oxygens (including phenoxy) is 1. The molecular weight excluding hydrogens is 702 g/mol. The minimum absolute atomic E-state index is 0.140. The molecule has 2 saturated heterocycles. The van der Waals surface area contributed by atoms with Crippen molar-refractivity contribution in [2.24, 2.45) is 11.8 Å². The summed E-state index contributed by atoms with van der Waals surface area (Å²) in [5, 5.41) is 24.5. The summed E-state index contributed by atoms with van der Waals surface area (Å²) < 4.78 is 4.74. The fourth-order valence-corrected chi connectivity index (χ4v) is 7.52. The number of hydrogen-bond acceptors (Lipinski definition) is 8. The quantitative estimate of drug-likeness (QED) is 0.122. The van der Waals surface area contributed by atoms with E-state index in [4.69, 9.17) is 4.74 Å². The third kappa shape index (κ3) is 8.18. The fraction of sp³-hybridized carbons (Fsp3) is 0.425. The van der Waals surface area contributed by atoms with Crippen molar-refractivity contribution in [3.05, 3.63) is 72.1 Å². The monoisotopic (exact) mass is 749 g/mol. The van der Waals surface area contributed by atoms with Gasteiger partial charge in [0.2, 0.25) is 11.8 Å². The molecule has 0 radical (unpaired) electrons. The Labute approximate surface area is 319 Å². The average Bonchev–Trinajstić information content (AvgIpc) is 4.01. The Morgan fingerprint density at radius 3 is 1.78 bits per heavy atom. The van der Waals surface area contributed by atoms with Crippen molar-refractivity contribution < 1.29 is 29.0 Å². The van der Waals surface area contributed by atoms with E-state index >= 15 is 0 Å². The molecule has 2 aromatic carbocycles.